The van der Waals surface area contributed by atoms with Crippen LogP contribution in [-0.4, -0.2) is 22.2 Å². The van der Waals surface area contributed by atoms with E-state index in [1.807, 2.05) is 6.20 Å². The number of anilines is 1. The Labute approximate surface area is 418 Å². The molecular formula is C68H46N4. The first-order valence-electron chi connectivity index (χ1n) is 24.9. The molecule has 1 N–H and O–H groups in total. The van der Waals surface area contributed by atoms with Crippen molar-refractivity contribution in [3.05, 3.63) is 253 Å². The monoisotopic (exact) mass is 918 g/mol. The molecule has 0 amide bonds. The van der Waals surface area contributed by atoms with Crippen LogP contribution in [0, 0.1) is 0 Å². The van der Waals surface area contributed by atoms with Crippen LogP contribution < -0.4 is 5.32 Å². The van der Waals surface area contributed by atoms with Gasteiger partial charge in [0.2, 0.25) is 0 Å². The molecule has 4 nitrogen and oxygen atoms in total. The molecule has 0 saturated carbocycles. The summed E-state index contributed by atoms with van der Waals surface area (Å²) < 4.78 is 0. The smallest absolute Gasteiger partial charge is 0.0979 e. The predicted molar refractivity (Wildman–Crippen MR) is 303 cm³/mol. The Kier molecular flexibility index (Phi) is 10.0. The zero-order chi connectivity index (χ0) is 47.5. The number of nitrogens with one attached hydrogen (secondary N) is 1. The van der Waals surface area contributed by atoms with Crippen molar-refractivity contribution >= 4 is 72.1 Å². The Morgan fingerprint density at radius 2 is 0.861 bits per heavy atom. The van der Waals surface area contributed by atoms with Crippen LogP contribution in [0.1, 0.15) is 28.7 Å². The third-order valence-corrected chi connectivity index (χ3v) is 14.8. The molecule has 2 heterocycles. The second-order valence-corrected chi connectivity index (χ2v) is 19.1. The standard InChI is InChI=1S/C68H46N4/c1-5-15-43(16-6-1)49-27-31-55-57-33-29-51(45-19-9-3-10-20-45)39-61(57)67-65(59(55)37-49)69-41-63(71-67)53-25-13-23-47(35-53)48-24-14-26-54(36-48)64-42-70-66-60-38-50(44-17-7-2-8-18-44)28-32-56(60)58-34-30-52(40-62(58)68(66)72-64)46-21-11-4-12-22-46/h1-27,29-31,33-40,42,69H,28,32,41H2. The molecule has 0 spiro atoms. The van der Waals surface area contributed by atoms with Crippen molar-refractivity contribution in [2.75, 3.05) is 11.9 Å². The molecule has 4 heteroatoms. The molecule has 11 aromatic carbocycles. The van der Waals surface area contributed by atoms with E-state index in [0.717, 1.165) is 79.7 Å². The lowest BCUT2D eigenvalue weighted by Crippen LogP contribution is -2.19. The van der Waals surface area contributed by atoms with Crippen LogP contribution in [-0.2, 0) is 6.42 Å². The summed E-state index contributed by atoms with van der Waals surface area (Å²) in [4.78, 5) is 16.4. The third-order valence-electron chi connectivity index (χ3n) is 14.8. The van der Waals surface area contributed by atoms with Gasteiger partial charge >= 0.3 is 0 Å². The third kappa shape index (κ3) is 7.27. The van der Waals surface area contributed by atoms with Crippen LogP contribution in [0.25, 0.3) is 111 Å². The van der Waals surface area contributed by atoms with Gasteiger partial charge < -0.3 is 5.32 Å². The Morgan fingerprint density at radius 3 is 1.50 bits per heavy atom. The Balaban J connectivity index is 0.872. The van der Waals surface area contributed by atoms with Gasteiger partial charge in [0.05, 0.1) is 46.6 Å². The minimum atomic E-state index is 0.601. The van der Waals surface area contributed by atoms with E-state index in [2.05, 4.69) is 236 Å². The summed E-state index contributed by atoms with van der Waals surface area (Å²) in [7, 11) is 0. The number of hydrogen-bond donors (Lipinski definition) is 1. The number of benzene rings is 11. The first kappa shape index (κ1) is 41.7. The van der Waals surface area contributed by atoms with Crippen molar-refractivity contribution in [1.29, 1.82) is 0 Å². The molecule has 1 aliphatic heterocycles. The Morgan fingerprint density at radius 1 is 0.361 bits per heavy atom. The zero-order valence-electron chi connectivity index (χ0n) is 39.5. The van der Waals surface area contributed by atoms with Crippen molar-refractivity contribution < 1.29 is 0 Å². The maximum atomic E-state index is 5.59. The van der Waals surface area contributed by atoms with E-state index in [1.165, 1.54) is 77.2 Å². The van der Waals surface area contributed by atoms with Gasteiger partial charge in [-0.2, -0.15) is 0 Å². The van der Waals surface area contributed by atoms with E-state index in [-0.39, 0.29) is 0 Å². The number of rotatable bonds is 7. The van der Waals surface area contributed by atoms with E-state index >= 15 is 0 Å². The number of aromatic nitrogens is 2. The van der Waals surface area contributed by atoms with Crippen LogP contribution >= 0.6 is 0 Å². The molecule has 0 bridgehead atoms. The Hall–Kier alpha value is -9.25. The quantitative estimate of drug-likeness (QED) is 0.162. The largest absolute Gasteiger partial charge is 0.377 e. The van der Waals surface area contributed by atoms with Crippen LogP contribution in [0.5, 0.6) is 0 Å². The molecule has 1 aromatic heterocycles. The molecule has 0 radical (unpaired) electrons. The lowest BCUT2D eigenvalue weighted by Gasteiger charge is -2.23. The Bertz CT molecular complexity index is 4180. The van der Waals surface area contributed by atoms with Gasteiger partial charge in [-0.3, -0.25) is 4.98 Å². The van der Waals surface area contributed by atoms with Crippen LogP contribution in [0.15, 0.2) is 236 Å². The summed E-state index contributed by atoms with van der Waals surface area (Å²) in [6, 6.07) is 80.8. The van der Waals surface area contributed by atoms with Crippen molar-refractivity contribution in [1.82, 2.24) is 9.97 Å². The van der Waals surface area contributed by atoms with Gasteiger partial charge in [0, 0.05) is 27.3 Å². The number of allylic oxidation sites excluding steroid dienone is 1. The summed E-state index contributed by atoms with van der Waals surface area (Å²) in [6.45, 7) is 0.601. The number of nitrogens with zero attached hydrogens (tertiary/aromatic N) is 3. The molecule has 72 heavy (non-hydrogen) atoms. The summed E-state index contributed by atoms with van der Waals surface area (Å²) in [6.07, 6.45) is 6.26. The van der Waals surface area contributed by atoms with E-state index in [0.29, 0.717) is 6.54 Å². The zero-order valence-corrected chi connectivity index (χ0v) is 39.5. The van der Waals surface area contributed by atoms with Gasteiger partial charge in [-0.15, -0.1) is 0 Å². The van der Waals surface area contributed by atoms with Crippen molar-refractivity contribution in [3.63, 3.8) is 0 Å². The molecule has 338 valence electrons. The van der Waals surface area contributed by atoms with Gasteiger partial charge in [0.1, 0.15) is 0 Å². The van der Waals surface area contributed by atoms with Gasteiger partial charge in [-0.1, -0.05) is 194 Å². The molecule has 12 aromatic rings. The first-order chi connectivity index (χ1) is 35.7. The second-order valence-electron chi connectivity index (χ2n) is 19.1. The highest BCUT2D eigenvalue weighted by Gasteiger charge is 2.24. The average Bonchev–Trinajstić information content (AvgIpc) is 3.47. The number of aliphatic imine (C=N–C) groups is 1. The maximum absolute atomic E-state index is 5.59. The molecule has 2 aliphatic rings. The minimum Gasteiger partial charge on any atom is -0.377 e. The van der Waals surface area contributed by atoms with Crippen molar-refractivity contribution in [3.8, 4) is 55.8 Å². The molecule has 0 saturated heterocycles. The number of aryl methyl sites for hydroxylation is 1. The van der Waals surface area contributed by atoms with E-state index < -0.39 is 0 Å². The van der Waals surface area contributed by atoms with Crippen molar-refractivity contribution in [2.24, 2.45) is 4.99 Å². The van der Waals surface area contributed by atoms with E-state index in [4.69, 9.17) is 15.0 Å². The molecule has 0 atom stereocenters. The van der Waals surface area contributed by atoms with Gasteiger partial charge in [0.15, 0.2) is 0 Å². The molecule has 1 aliphatic carbocycles. The van der Waals surface area contributed by atoms with E-state index in [1.54, 1.807) is 0 Å². The summed E-state index contributed by atoms with van der Waals surface area (Å²) >= 11 is 0. The lowest BCUT2D eigenvalue weighted by molar-refractivity contribution is 1.01. The SMILES string of the molecule is C1=C(c2ccccc2)CCc2c1c1ncc(-c3cccc(-c4cccc(C5=Nc6c(c7cc(-c8ccccc8)ccc7c7ccc(-c8ccccc8)cc67)NC5)c4)c3)nc1c1cc(-c3ccccc3)ccc21. The molecular weight excluding hydrogens is 873 g/mol. The fraction of sp³-hybridized carbons (Fsp3) is 0.0441. The molecule has 14 rings (SSSR count). The predicted octanol–water partition coefficient (Wildman–Crippen LogP) is 17.5. The van der Waals surface area contributed by atoms with Crippen LogP contribution in [0.3, 0.4) is 0 Å². The van der Waals surface area contributed by atoms with Gasteiger partial charge in [-0.05, 0) is 132 Å². The summed E-state index contributed by atoms with van der Waals surface area (Å²) in [5, 5.41) is 11.0. The number of hydrogen-bond acceptors (Lipinski definition) is 4. The highest BCUT2D eigenvalue weighted by atomic mass is 15.0. The first-order valence-corrected chi connectivity index (χ1v) is 24.9. The number of fused-ring (bicyclic) bond motifs is 12. The minimum absolute atomic E-state index is 0.601. The fourth-order valence-corrected chi connectivity index (χ4v) is 11.2. The van der Waals surface area contributed by atoms with E-state index in [9.17, 15) is 0 Å². The molecule has 0 fully saturated rings. The van der Waals surface area contributed by atoms with Crippen molar-refractivity contribution in [2.45, 2.75) is 12.8 Å². The van der Waals surface area contributed by atoms with Gasteiger partial charge in [0.25, 0.3) is 0 Å². The summed E-state index contributed by atoms with van der Waals surface area (Å²) in [5.41, 5.74) is 22.3. The average molecular weight is 919 g/mol. The lowest BCUT2D eigenvalue weighted by atomic mass is 9.84. The van der Waals surface area contributed by atoms with Crippen LogP contribution in [0.4, 0.5) is 11.4 Å². The fourth-order valence-electron chi connectivity index (χ4n) is 11.2. The normalized spacial score (nSPS) is 13.1. The maximum Gasteiger partial charge on any atom is 0.0979 e. The second kappa shape index (κ2) is 17.3. The topological polar surface area (TPSA) is 50.2 Å². The summed E-state index contributed by atoms with van der Waals surface area (Å²) in [5.74, 6) is 0. The molecule has 0 unspecified atom stereocenters. The highest BCUT2D eigenvalue weighted by Crippen LogP contribution is 2.47. The highest BCUT2D eigenvalue weighted by molar-refractivity contribution is 6.24. The van der Waals surface area contributed by atoms with Gasteiger partial charge in [-0.25, -0.2) is 9.98 Å². The van der Waals surface area contributed by atoms with Crippen LogP contribution in [0.2, 0.25) is 0 Å².